The standard InChI is InChI=1S/C22H19NOS3/c1-13(24)18-19(14-9-5-4-6-10-14)27-21(26-18)17-15-11-7-8-12-16(15)23-22(2,3)20(17)25/h4-12,23H,1-3H3. The Kier molecular flexibility index (Phi) is 4.78. The van der Waals surface area contributed by atoms with E-state index in [-0.39, 0.29) is 11.3 Å². The average Bonchev–Trinajstić information content (AvgIpc) is 3.08. The monoisotopic (exact) mass is 409 g/mol. The van der Waals surface area contributed by atoms with Gasteiger partial charge in [0, 0.05) is 26.6 Å². The molecule has 2 aromatic carbocycles. The molecule has 2 nitrogen and oxygen atoms in total. The number of thiocarbonyl (C=S) groups is 1. The maximum absolute atomic E-state index is 12.4. The van der Waals surface area contributed by atoms with Crippen molar-refractivity contribution in [3.63, 3.8) is 0 Å². The van der Waals surface area contributed by atoms with Gasteiger partial charge in [-0.15, -0.1) is 0 Å². The Hall–Kier alpha value is -1.82. The summed E-state index contributed by atoms with van der Waals surface area (Å²) in [6, 6.07) is 18.3. The quantitative estimate of drug-likeness (QED) is 0.460. The number of allylic oxidation sites excluding steroid dienone is 1. The van der Waals surface area contributed by atoms with E-state index < -0.39 is 0 Å². The van der Waals surface area contributed by atoms with Gasteiger partial charge in [0.2, 0.25) is 0 Å². The number of Topliss-reactive ketones (excluding diaryl/α,β-unsaturated/α-hetero) is 1. The molecule has 27 heavy (non-hydrogen) atoms. The number of carbonyl (C=O) groups is 1. The molecule has 0 spiro atoms. The zero-order valence-electron chi connectivity index (χ0n) is 15.3. The van der Waals surface area contributed by atoms with E-state index in [0.717, 1.165) is 41.3 Å². The predicted molar refractivity (Wildman–Crippen MR) is 123 cm³/mol. The molecule has 0 aromatic heterocycles. The molecular formula is C22H19NOS3. The first-order valence-corrected chi connectivity index (χ1v) is 10.8. The van der Waals surface area contributed by atoms with Crippen molar-refractivity contribution in [1.82, 2.24) is 0 Å². The van der Waals surface area contributed by atoms with E-state index >= 15 is 0 Å². The minimum atomic E-state index is -0.320. The summed E-state index contributed by atoms with van der Waals surface area (Å²) in [6.45, 7) is 5.85. The van der Waals surface area contributed by atoms with Crippen LogP contribution in [0.3, 0.4) is 0 Å². The van der Waals surface area contributed by atoms with Crippen molar-refractivity contribution in [2.45, 2.75) is 26.3 Å². The van der Waals surface area contributed by atoms with Gasteiger partial charge >= 0.3 is 0 Å². The molecule has 0 saturated heterocycles. The third-order valence-electron chi connectivity index (χ3n) is 4.59. The van der Waals surface area contributed by atoms with Crippen molar-refractivity contribution in [3.05, 3.63) is 74.9 Å². The number of anilines is 1. The fourth-order valence-electron chi connectivity index (χ4n) is 3.25. The third-order valence-corrected chi connectivity index (χ3v) is 8.06. The van der Waals surface area contributed by atoms with Gasteiger partial charge in [-0.1, -0.05) is 84.3 Å². The zero-order chi connectivity index (χ0) is 19.2. The van der Waals surface area contributed by atoms with Crippen molar-refractivity contribution in [2.24, 2.45) is 0 Å². The summed E-state index contributed by atoms with van der Waals surface area (Å²) in [7, 11) is 0. The van der Waals surface area contributed by atoms with Crippen LogP contribution in [-0.4, -0.2) is 16.2 Å². The van der Waals surface area contributed by atoms with Crippen LogP contribution in [0.15, 0.2) is 63.7 Å². The van der Waals surface area contributed by atoms with Crippen molar-refractivity contribution in [2.75, 3.05) is 5.32 Å². The first-order chi connectivity index (χ1) is 12.9. The third kappa shape index (κ3) is 3.28. The minimum Gasteiger partial charge on any atom is -0.375 e. The number of rotatable bonds is 2. The summed E-state index contributed by atoms with van der Waals surface area (Å²) in [4.78, 5) is 15.1. The first-order valence-electron chi connectivity index (χ1n) is 8.71. The zero-order valence-corrected chi connectivity index (χ0v) is 17.8. The van der Waals surface area contributed by atoms with Crippen molar-refractivity contribution in [1.29, 1.82) is 0 Å². The molecule has 136 valence electrons. The fraction of sp³-hybridized carbons (Fsp3) is 0.182. The lowest BCUT2D eigenvalue weighted by atomic mass is 9.86. The van der Waals surface area contributed by atoms with Gasteiger partial charge in [-0.2, -0.15) is 0 Å². The molecule has 0 fully saturated rings. The molecule has 0 amide bonds. The van der Waals surface area contributed by atoms with Gasteiger partial charge in [0.1, 0.15) is 0 Å². The Balaban J connectivity index is 1.88. The number of ketones is 1. The molecule has 0 bridgehead atoms. The van der Waals surface area contributed by atoms with Gasteiger partial charge in [0.15, 0.2) is 5.78 Å². The molecule has 0 atom stereocenters. The number of nitrogens with one attached hydrogen (secondary N) is 1. The number of fused-ring (bicyclic) bond motifs is 1. The molecule has 0 aliphatic carbocycles. The van der Waals surface area contributed by atoms with Crippen LogP contribution in [0, 0.1) is 0 Å². The SMILES string of the molecule is CC(=O)C1=C(c2ccccc2)SC(=C2C(=S)C(C)(C)Nc3ccccc32)S1. The number of benzene rings is 2. The number of hydrogen-bond acceptors (Lipinski definition) is 5. The van der Waals surface area contributed by atoms with Gasteiger partial charge in [-0.25, -0.2) is 0 Å². The maximum atomic E-state index is 12.4. The van der Waals surface area contributed by atoms with Gasteiger partial charge in [-0.05, 0) is 32.4 Å². The summed E-state index contributed by atoms with van der Waals surface area (Å²) < 4.78 is 1.09. The Morgan fingerprint density at radius 1 is 1.00 bits per heavy atom. The van der Waals surface area contributed by atoms with Crippen LogP contribution in [0.4, 0.5) is 5.69 Å². The maximum Gasteiger partial charge on any atom is 0.167 e. The second kappa shape index (κ2) is 6.97. The second-order valence-electron chi connectivity index (χ2n) is 7.07. The molecular weight excluding hydrogens is 390 g/mol. The van der Waals surface area contributed by atoms with Crippen LogP contribution in [0.2, 0.25) is 0 Å². The van der Waals surface area contributed by atoms with Crippen LogP contribution >= 0.6 is 35.7 Å². The fourth-order valence-corrected chi connectivity index (χ4v) is 6.41. The van der Waals surface area contributed by atoms with E-state index in [4.69, 9.17) is 12.2 Å². The lowest BCUT2D eigenvalue weighted by Crippen LogP contribution is -2.43. The summed E-state index contributed by atoms with van der Waals surface area (Å²) in [5.41, 5.74) is 4.01. The van der Waals surface area contributed by atoms with Crippen LogP contribution in [0.1, 0.15) is 31.9 Å². The molecule has 2 aliphatic rings. The van der Waals surface area contributed by atoms with E-state index in [2.05, 4.69) is 43.4 Å². The number of thioether (sulfide) groups is 2. The van der Waals surface area contributed by atoms with E-state index in [1.54, 1.807) is 30.4 Å². The molecule has 1 N–H and O–H groups in total. The highest BCUT2D eigenvalue weighted by atomic mass is 32.2. The molecule has 2 aromatic rings. The van der Waals surface area contributed by atoms with E-state index in [1.807, 2.05) is 30.3 Å². The molecule has 0 unspecified atom stereocenters. The number of hydrogen-bond donors (Lipinski definition) is 1. The summed E-state index contributed by atoms with van der Waals surface area (Å²) in [6.07, 6.45) is 0. The van der Waals surface area contributed by atoms with Gasteiger partial charge in [0.05, 0.1) is 14.7 Å². The summed E-state index contributed by atoms with van der Waals surface area (Å²) >= 11 is 9.10. The average molecular weight is 410 g/mol. The largest absolute Gasteiger partial charge is 0.375 e. The first kappa shape index (κ1) is 18.5. The highest BCUT2D eigenvalue weighted by molar-refractivity contribution is 8.32. The van der Waals surface area contributed by atoms with Gasteiger partial charge < -0.3 is 5.32 Å². The molecule has 0 saturated carbocycles. The van der Waals surface area contributed by atoms with Crippen molar-refractivity contribution in [3.8, 4) is 0 Å². The number of para-hydroxylation sites is 1. The highest BCUT2D eigenvalue weighted by Crippen LogP contribution is 2.57. The Labute approximate surface area is 173 Å². The van der Waals surface area contributed by atoms with E-state index in [9.17, 15) is 4.79 Å². The summed E-state index contributed by atoms with van der Waals surface area (Å²) in [5.74, 6) is 0.0920. The highest BCUT2D eigenvalue weighted by Gasteiger charge is 2.37. The Morgan fingerprint density at radius 3 is 2.37 bits per heavy atom. The molecule has 4 rings (SSSR count). The molecule has 0 radical (unpaired) electrons. The van der Waals surface area contributed by atoms with E-state index in [0.29, 0.717) is 0 Å². The molecule has 2 heterocycles. The summed E-state index contributed by atoms with van der Waals surface area (Å²) in [5, 5.41) is 3.54. The Morgan fingerprint density at radius 2 is 1.67 bits per heavy atom. The number of carbonyl (C=O) groups excluding carboxylic acids is 1. The van der Waals surface area contributed by atoms with E-state index in [1.165, 1.54) is 0 Å². The lowest BCUT2D eigenvalue weighted by molar-refractivity contribution is -0.112. The minimum absolute atomic E-state index is 0.0920. The van der Waals surface area contributed by atoms with Crippen LogP contribution < -0.4 is 5.32 Å². The van der Waals surface area contributed by atoms with Crippen molar-refractivity contribution < 1.29 is 4.79 Å². The van der Waals surface area contributed by atoms with Gasteiger partial charge in [-0.3, -0.25) is 4.79 Å². The molecule has 5 heteroatoms. The smallest absolute Gasteiger partial charge is 0.167 e. The van der Waals surface area contributed by atoms with Crippen LogP contribution in [0.25, 0.3) is 10.5 Å². The topological polar surface area (TPSA) is 29.1 Å². The predicted octanol–water partition coefficient (Wildman–Crippen LogP) is 6.37. The lowest BCUT2D eigenvalue weighted by Gasteiger charge is -2.36. The van der Waals surface area contributed by atoms with Gasteiger partial charge in [0.25, 0.3) is 0 Å². The second-order valence-corrected chi connectivity index (χ2v) is 9.78. The Bertz CT molecular complexity index is 1020. The van der Waals surface area contributed by atoms with Crippen molar-refractivity contribution >= 4 is 62.6 Å². The van der Waals surface area contributed by atoms with Crippen LogP contribution in [-0.2, 0) is 4.79 Å². The normalized spacial score (nSPS) is 21.1. The van der Waals surface area contributed by atoms with Crippen LogP contribution in [0.5, 0.6) is 0 Å². The molecule has 2 aliphatic heterocycles.